The fraction of sp³-hybridized carbons (Fsp3) is 0.333. The Morgan fingerprint density at radius 1 is 1.13 bits per heavy atom. The predicted octanol–water partition coefficient (Wildman–Crippen LogP) is 3.41. The maximum absolute atomic E-state index is 5.49. The fourth-order valence-corrected chi connectivity index (χ4v) is 5.13. The third-order valence-corrected chi connectivity index (χ3v) is 6.78. The smallest absolute Gasteiger partial charge is 0.0545 e. The highest BCUT2D eigenvalue weighted by Gasteiger charge is 2.30. The normalized spacial score (nSPS) is 21.0. The Morgan fingerprint density at radius 3 is 2.93 bits per heavy atom. The number of fused-ring (bicyclic) bond motifs is 2. The van der Waals surface area contributed by atoms with Crippen LogP contribution in [0.2, 0.25) is 0 Å². The maximum atomic E-state index is 5.49. The van der Waals surface area contributed by atoms with Crippen LogP contribution in [0.15, 0.2) is 54.7 Å². The van der Waals surface area contributed by atoms with Gasteiger partial charge in [-0.3, -0.25) is 4.90 Å². The third-order valence-electron chi connectivity index (χ3n) is 6.78. The molecule has 2 aliphatic heterocycles. The van der Waals surface area contributed by atoms with Gasteiger partial charge in [-0.25, -0.2) is 0 Å². The van der Waals surface area contributed by atoms with E-state index < -0.39 is 0 Å². The van der Waals surface area contributed by atoms with Gasteiger partial charge in [-0.2, -0.15) is 0 Å². The molecule has 0 saturated carbocycles. The van der Waals surface area contributed by atoms with Gasteiger partial charge in [0.2, 0.25) is 0 Å². The minimum atomic E-state index is 0.647. The number of benzene rings is 2. The minimum absolute atomic E-state index is 0.647. The maximum Gasteiger partial charge on any atom is 0.0545 e. The first-order valence-electron chi connectivity index (χ1n) is 11.0. The van der Waals surface area contributed by atoms with Gasteiger partial charge in [0.15, 0.2) is 0 Å². The summed E-state index contributed by atoms with van der Waals surface area (Å²) in [6, 6.07) is 18.4. The van der Waals surface area contributed by atoms with Gasteiger partial charge in [-0.05, 0) is 49.7 Å². The topological polar surface area (TPSA) is 11.4 Å². The van der Waals surface area contributed by atoms with Gasteiger partial charge in [0.05, 0.1) is 5.52 Å². The van der Waals surface area contributed by atoms with E-state index in [1.54, 1.807) is 0 Å². The first kappa shape index (κ1) is 19.0. The van der Waals surface area contributed by atoms with E-state index in [9.17, 15) is 0 Å². The quantitative estimate of drug-likeness (QED) is 0.630. The van der Waals surface area contributed by atoms with Crippen molar-refractivity contribution < 1.29 is 0 Å². The van der Waals surface area contributed by atoms with Gasteiger partial charge < -0.3 is 9.47 Å². The van der Waals surface area contributed by atoms with Crippen molar-refractivity contribution in [1.82, 2.24) is 9.47 Å². The van der Waals surface area contributed by atoms with Gasteiger partial charge >= 0.3 is 0 Å². The lowest BCUT2D eigenvalue weighted by Gasteiger charge is -2.38. The zero-order valence-corrected chi connectivity index (χ0v) is 17.7. The van der Waals surface area contributed by atoms with Gasteiger partial charge in [-0.1, -0.05) is 36.4 Å². The van der Waals surface area contributed by atoms with E-state index in [2.05, 4.69) is 88.0 Å². The summed E-state index contributed by atoms with van der Waals surface area (Å²) in [6.07, 6.45) is 13.2. The zero-order valence-electron chi connectivity index (χ0n) is 17.7. The molecule has 5 rings (SSSR count). The predicted molar refractivity (Wildman–Crippen MR) is 127 cm³/mol. The molecule has 0 N–H and O–H groups in total. The molecular weight excluding hydrogens is 366 g/mol. The Balaban J connectivity index is 1.57. The van der Waals surface area contributed by atoms with Gasteiger partial charge in [0.25, 0.3) is 0 Å². The van der Waals surface area contributed by atoms with Crippen LogP contribution in [0.5, 0.6) is 0 Å². The Kier molecular flexibility index (Phi) is 5.11. The molecule has 0 spiro atoms. The van der Waals surface area contributed by atoms with E-state index in [0.717, 1.165) is 19.1 Å². The summed E-state index contributed by atoms with van der Waals surface area (Å²) in [6.45, 7) is 6.94. The van der Waals surface area contributed by atoms with Crippen molar-refractivity contribution >= 4 is 28.4 Å². The summed E-state index contributed by atoms with van der Waals surface area (Å²) in [5.74, 6) is 2.73. The summed E-state index contributed by atoms with van der Waals surface area (Å²) in [5, 5.41) is 3.71. The Bertz CT molecular complexity index is 1230. The average Bonchev–Trinajstić information content (AvgIpc) is 3.43. The van der Waals surface area contributed by atoms with E-state index in [4.69, 9.17) is 6.42 Å². The molecule has 2 aromatic carbocycles. The highest BCUT2D eigenvalue weighted by Crippen LogP contribution is 2.29. The van der Waals surface area contributed by atoms with Crippen LogP contribution in [-0.4, -0.2) is 41.7 Å². The van der Waals surface area contributed by atoms with Crippen molar-refractivity contribution in [3.8, 4) is 12.3 Å². The summed E-state index contributed by atoms with van der Waals surface area (Å²) in [5.41, 5.74) is 3.84. The van der Waals surface area contributed by atoms with E-state index in [-0.39, 0.29) is 0 Å². The third kappa shape index (κ3) is 3.42. The van der Waals surface area contributed by atoms with E-state index in [1.165, 1.54) is 58.7 Å². The molecule has 1 aromatic heterocycles. The van der Waals surface area contributed by atoms with E-state index in [0.29, 0.717) is 6.42 Å². The Morgan fingerprint density at radius 2 is 2.03 bits per heavy atom. The van der Waals surface area contributed by atoms with Crippen molar-refractivity contribution in [1.29, 1.82) is 0 Å². The second-order valence-corrected chi connectivity index (χ2v) is 8.49. The number of hydrogen-bond donors (Lipinski definition) is 0. The lowest BCUT2D eigenvalue weighted by Crippen LogP contribution is -2.50. The highest BCUT2D eigenvalue weighted by molar-refractivity contribution is 5.86. The van der Waals surface area contributed by atoms with Crippen molar-refractivity contribution in [2.75, 3.05) is 31.1 Å². The van der Waals surface area contributed by atoms with Crippen LogP contribution in [0.1, 0.15) is 26.2 Å². The van der Waals surface area contributed by atoms with Crippen molar-refractivity contribution in [3.05, 3.63) is 65.2 Å². The van der Waals surface area contributed by atoms with Gasteiger partial charge in [0.1, 0.15) is 0 Å². The molecule has 0 amide bonds. The minimum Gasteiger partial charge on any atom is -0.369 e. The summed E-state index contributed by atoms with van der Waals surface area (Å²) < 4.78 is 2.33. The van der Waals surface area contributed by atoms with Crippen LogP contribution in [0.4, 0.5) is 5.69 Å². The molecule has 3 heteroatoms. The molecular formula is C27H29N3. The second kappa shape index (κ2) is 8.05. The highest BCUT2D eigenvalue weighted by atomic mass is 15.3. The fourth-order valence-electron chi connectivity index (χ4n) is 5.13. The molecule has 3 nitrogen and oxygen atoms in total. The molecule has 1 unspecified atom stereocenters. The first-order valence-corrected chi connectivity index (χ1v) is 11.0. The number of nitrogens with zero attached hydrogens (tertiary/aromatic N) is 3. The number of terminal acetylenes is 1. The average molecular weight is 396 g/mol. The largest absolute Gasteiger partial charge is 0.369 e. The van der Waals surface area contributed by atoms with Crippen LogP contribution in [0.25, 0.3) is 22.7 Å². The number of anilines is 1. The summed E-state index contributed by atoms with van der Waals surface area (Å²) in [7, 11) is 0. The molecule has 3 aromatic rings. The van der Waals surface area contributed by atoms with Crippen LogP contribution in [0.3, 0.4) is 0 Å². The number of piperazine rings is 1. The summed E-state index contributed by atoms with van der Waals surface area (Å²) in [4.78, 5) is 5.24. The molecule has 0 aliphatic carbocycles. The molecule has 2 saturated heterocycles. The molecule has 2 aliphatic rings. The first-order chi connectivity index (χ1) is 14.7. The van der Waals surface area contributed by atoms with Crippen LogP contribution < -0.4 is 15.3 Å². The van der Waals surface area contributed by atoms with Crippen molar-refractivity contribution in [2.24, 2.45) is 0 Å². The summed E-state index contributed by atoms with van der Waals surface area (Å²) >= 11 is 0. The van der Waals surface area contributed by atoms with Crippen LogP contribution >= 0.6 is 0 Å². The SMILES string of the molecule is C#CC/C=c1/cccc/c1=C(/C)n1ccc2ccc(N3CCN4CCCC4C3)cc21. The van der Waals surface area contributed by atoms with Crippen molar-refractivity contribution in [3.63, 3.8) is 0 Å². The lowest BCUT2D eigenvalue weighted by molar-refractivity contribution is 0.231. The molecule has 1 atom stereocenters. The molecule has 0 radical (unpaired) electrons. The number of hydrogen-bond acceptors (Lipinski definition) is 2. The molecule has 30 heavy (non-hydrogen) atoms. The molecule has 2 fully saturated rings. The van der Waals surface area contributed by atoms with Gasteiger partial charge in [0, 0.05) is 60.3 Å². The second-order valence-electron chi connectivity index (χ2n) is 8.49. The van der Waals surface area contributed by atoms with Crippen LogP contribution in [0, 0.1) is 12.3 Å². The Hall–Kier alpha value is -2.96. The number of aromatic nitrogens is 1. The molecule has 3 heterocycles. The zero-order chi connectivity index (χ0) is 20.5. The van der Waals surface area contributed by atoms with Crippen LogP contribution in [-0.2, 0) is 0 Å². The molecule has 0 bridgehead atoms. The van der Waals surface area contributed by atoms with Crippen molar-refractivity contribution in [2.45, 2.75) is 32.2 Å². The van der Waals surface area contributed by atoms with E-state index >= 15 is 0 Å². The van der Waals surface area contributed by atoms with E-state index in [1.807, 2.05) is 0 Å². The molecule has 152 valence electrons. The standard InChI is InChI=1S/C27H29N3/c1-3-4-8-22-9-5-6-11-26(22)21(2)30-16-14-23-12-13-24(19-27(23)30)29-18-17-28-15-7-10-25(28)20-29/h1,5-6,8-9,11-14,16,19,25H,4,7,10,15,17-18,20H2,2H3/b22-8-,26-21+. The number of rotatable bonds is 3. The monoisotopic (exact) mass is 395 g/mol. The van der Waals surface area contributed by atoms with Gasteiger partial charge in [-0.15, -0.1) is 12.3 Å². The lowest BCUT2D eigenvalue weighted by atomic mass is 10.1. The Labute approximate surface area is 178 Å².